The Balaban J connectivity index is 1.59. The molecule has 0 spiro atoms. The number of hydrogen-bond donors (Lipinski definition) is 4. The highest BCUT2D eigenvalue weighted by Gasteiger charge is 2.30. The van der Waals surface area contributed by atoms with Crippen molar-refractivity contribution in [3.63, 3.8) is 0 Å². The highest BCUT2D eigenvalue weighted by molar-refractivity contribution is 5.82. The summed E-state index contributed by atoms with van der Waals surface area (Å²) in [7, 11) is 0. The molecule has 1 aliphatic carbocycles. The molecule has 1 unspecified atom stereocenters. The molecule has 104 valence electrons. The van der Waals surface area contributed by atoms with Crippen molar-refractivity contribution in [2.45, 2.75) is 56.8 Å². The van der Waals surface area contributed by atoms with Crippen LogP contribution in [0.2, 0.25) is 0 Å². The summed E-state index contributed by atoms with van der Waals surface area (Å²) in [6.07, 6.45) is 5.64. The van der Waals surface area contributed by atoms with E-state index < -0.39 is 6.10 Å². The van der Waals surface area contributed by atoms with E-state index in [1.165, 1.54) is 0 Å². The van der Waals surface area contributed by atoms with Crippen LogP contribution in [-0.4, -0.2) is 39.2 Å². The zero-order chi connectivity index (χ0) is 13.2. The number of H-pyrrole nitrogens is 1. The third-order valence-electron chi connectivity index (χ3n) is 4.10. The lowest BCUT2D eigenvalue weighted by Crippen LogP contribution is -2.53. The zero-order valence-electron chi connectivity index (χ0n) is 10.9. The topological polar surface area (TPSA) is 90.0 Å². The molecule has 19 heavy (non-hydrogen) atoms. The van der Waals surface area contributed by atoms with Gasteiger partial charge in [-0.25, -0.2) is 4.98 Å². The average molecular weight is 264 g/mol. The number of imidazole rings is 1. The van der Waals surface area contributed by atoms with Gasteiger partial charge < -0.3 is 15.4 Å². The average Bonchev–Trinajstić information content (AvgIpc) is 2.88. The molecule has 1 amide bonds. The van der Waals surface area contributed by atoms with Gasteiger partial charge in [-0.15, -0.1) is 0 Å². The number of aliphatic hydroxyl groups is 1. The molecule has 1 saturated carbocycles. The fourth-order valence-electron chi connectivity index (χ4n) is 2.92. The van der Waals surface area contributed by atoms with Crippen LogP contribution in [-0.2, 0) is 17.8 Å². The van der Waals surface area contributed by atoms with Crippen molar-refractivity contribution in [2.24, 2.45) is 0 Å². The minimum Gasteiger partial charge on any atom is -0.391 e. The number of nitrogens with one attached hydrogen (secondary N) is 3. The molecule has 1 aromatic heterocycles. The third-order valence-corrected chi connectivity index (χ3v) is 4.10. The molecule has 2 aliphatic rings. The van der Waals surface area contributed by atoms with Crippen LogP contribution in [0.4, 0.5) is 0 Å². The molecule has 3 rings (SSSR count). The highest BCUT2D eigenvalue weighted by atomic mass is 16.3. The molecular weight excluding hydrogens is 244 g/mol. The molecule has 4 N–H and O–H groups in total. The Bertz CT molecular complexity index is 459. The van der Waals surface area contributed by atoms with E-state index in [1.807, 2.05) is 0 Å². The predicted molar refractivity (Wildman–Crippen MR) is 69.3 cm³/mol. The molecule has 0 bridgehead atoms. The monoisotopic (exact) mass is 264 g/mol. The first-order chi connectivity index (χ1) is 9.24. The predicted octanol–water partition coefficient (Wildman–Crippen LogP) is -0.156. The Morgan fingerprint density at radius 2 is 2.26 bits per heavy atom. The number of fused-ring (bicyclic) bond motifs is 1. The largest absolute Gasteiger partial charge is 0.391 e. The van der Waals surface area contributed by atoms with Crippen LogP contribution in [0.25, 0.3) is 0 Å². The fourth-order valence-corrected chi connectivity index (χ4v) is 2.92. The van der Waals surface area contributed by atoms with E-state index in [9.17, 15) is 9.90 Å². The Morgan fingerprint density at radius 1 is 1.42 bits per heavy atom. The standard InChI is InChI=1S/C13H20N4O2/c18-12-4-2-1-3-8(12)17-13(19)10-5-9-11(6-14-10)16-7-15-9/h7-8,10,12,14,18H,1-6H2,(H,15,16)(H,17,19)/t8-,10?,12-/m0/s1. The van der Waals surface area contributed by atoms with Gasteiger partial charge in [0.1, 0.15) is 0 Å². The molecule has 0 aromatic carbocycles. The molecule has 6 heteroatoms. The van der Waals surface area contributed by atoms with Gasteiger partial charge in [0.2, 0.25) is 5.91 Å². The smallest absolute Gasteiger partial charge is 0.237 e. The van der Waals surface area contributed by atoms with Crippen LogP contribution in [0.1, 0.15) is 37.1 Å². The van der Waals surface area contributed by atoms with Crippen molar-refractivity contribution < 1.29 is 9.90 Å². The summed E-state index contributed by atoms with van der Waals surface area (Å²) in [5.41, 5.74) is 2.02. The summed E-state index contributed by atoms with van der Waals surface area (Å²) in [5.74, 6) is -0.0281. The van der Waals surface area contributed by atoms with E-state index in [1.54, 1.807) is 6.33 Å². The maximum absolute atomic E-state index is 12.2. The van der Waals surface area contributed by atoms with Gasteiger partial charge in [-0.05, 0) is 12.8 Å². The summed E-state index contributed by atoms with van der Waals surface area (Å²) < 4.78 is 0. The van der Waals surface area contributed by atoms with Gasteiger partial charge in [0.05, 0.1) is 35.9 Å². The molecule has 0 radical (unpaired) electrons. The first-order valence-corrected chi connectivity index (χ1v) is 6.97. The first-order valence-electron chi connectivity index (χ1n) is 6.97. The second-order valence-electron chi connectivity index (χ2n) is 5.43. The molecule has 1 aromatic rings. The van der Waals surface area contributed by atoms with Crippen LogP contribution in [0, 0.1) is 0 Å². The molecular formula is C13H20N4O2. The summed E-state index contributed by atoms with van der Waals surface area (Å²) in [6, 6.07) is -0.339. The maximum Gasteiger partial charge on any atom is 0.237 e. The van der Waals surface area contributed by atoms with Gasteiger partial charge in [-0.3, -0.25) is 10.1 Å². The zero-order valence-corrected chi connectivity index (χ0v) is 10.9. The highest BCUT2D eigenvalue weighted by Crippen LogP contribution is 2.19. The number of carbonyl (C=O) groups excluding carboxylic acids is 1. The molecule has 1 fully saturated rings. The van der Waals surface area contributed by atoms with E-state index in [-0.39, 0.29) is 18.0 Å². The number of hydrogen-bond acceptors (Lipinski definition) is 4. The lowest BCUT2D eigenvalue weighted by molar-refractivity contribution is -0.125. The molecule has 1 aliphatic heterocycles. The van der Waals surface area contributed by atoms with Crippen LogP contribution in [0.15, 0.2) is 6.33 Å². The number of aliphatic hydroxyl groups excluding tert-OH is 1. The molecule has 0 saturated heterocycles. The van der Waals surface area contributed by atoms with Gasteiger partial charge in [0.15, 0.2) is 0 Å². The lowest BCUT2D eigenvalue weighted by Gasteiger charge is -2.31. The number of rotatable bonds is 2. The summed E-state index contributed by atoms with van der Waals surface area (Å²) in [5, 5.41) is 16.1. The van der Waals surface area contributed by atoms with Gasteiger partial charge in [0, 0.05) is 13.0 Å². The van der Waals surface area contributed by atoms with Crippen molar-refractivity contribution in [2.75, 3.05) is 0 Å². The van der Waals surface area contributed by atoms with Crippen LogP contribution in [0.5, 0.6) is 0 Å². The number of amides is 1. The van der Waals surface area contributed by atoms with E-state index in [0.29, 0.717) is 13.0 Å². The summed E-state index contributed by atoms with van der Waals surface area (Å²) in [4.78, 5) is 19.5. The number of nitrogens with zero attached hydrogens (tertiary/aromatic N) is 1. The molecule has 6 nitrogen and oxygen atoms in total. The van der Waals surface area contributed by atoms with Gasteiger partial charge >= 0.3 is 0 Å². The SMILES string of the molecule is O=C(N[C@H]1CCCC[C@@H]1O)C1Cc2nc[nH]c2CN1. The van der Waals surface area contributed by atoms with Crippen molar-refractivity contribution >= 4 is 5.91 Å². The quantitative estimate of drug-likeness (QED) is 0.598. The molecule has 3 atom stereocenters. The van der Waals surface area contributed by atoms with Crippen LogP contribution in [0.3, 0.4) is 0 Å². The Hall–Kier alpha value is -1.40. The third kappa shape index (κ3) is 2.64. The normalized spacial score (nSPS) is 30.7. The number of aromatic amines is 1. The summed E-state index contributed by atoms with van der Waals surface area (Å²) in [6.45, 7) is 0.640. The van der Waals surface area contributed by atoms with Crippen molar-refractivity contribution in [1.82, 2.24) is 20.6 Å². The van der Waals surface area contributed by atoms with Gasteiger partial charge in [-0.1, -0.05) is 12.8 Å². The van der Waals surface area contributed by atoms with Crippen molar-refractivity contribution in [3.05, 3.63) is 17.7 Å². The molecule has 2 heterocycles. The van der Waals surface area contributed by atoms with Crippen molar-refractivity contribution in [1.29, 1.82) is 0 Å². The maximum atomic E-state index is 12.2. The number of aromatic nitrogens is 2. The second kappa shape index (κ2) is 5.30. The minimum atomic E-state index is -0.401. The van der Waals surface area contributed by atoms with E-state index in [0.717, 1.165) is 37.1 Å². The van der Waals surface area contributed by atoms with Crippen LogP contribution < -0.4 is 10.6 Å². The second-order valence-corrected chi connectivity index (χ2v) is 5.43. The Morgan fingerprint density at radius 3 is 3.11 bits per heavy atom. The van der Waals surface area contributed by atoms with Gasteiger partial charge in [0.25, 0.3) is 0 Å². The van der Waals surface area contributed by atoms with Crippen molar-refractivity contribution in [3.8, 4) is 0 Å². The summed E-state index contributed by atoms with van der Waals surface area (Å²) >= 11 is 0. The Labute approximate surface area is 112 Å². The minimum absolute atomic E-state index is 0.0281. The lowest BCUT2D eigenvalue weighted by atomic mass is 9.92. The van der Waals surface area contributed by atoms with E-state index in [4.69, 9.17) is 0 Å². The first kappa shape index (κ1) is 12.6. The van der Waals surface area contributed by atoms with E-state index in [2.05, 4.69) is 20.6 Å². The van der Waals surface area contributed by atoms with Crippen LogP contribution >= 0.6 is 0 Å². The number of carbonyl (C=O) groups is 1. The van der Waals surface area contributed by atoms with E-state index >= 15 is 0 Å². The fraction of sp³-hybridized carbons (Fsp3) is 0.692. The van der Waals surface area contributed by atoms with Gasteiger partial charge in [-0.2, -0.15) is 0 Å². The Kier molecular flexibility index (Phi) is 3.52.